The van der Waals surface area contributed by atoms with E-state index in [4.69, 9.17) is 4.98 Å². The van der Waals surface area contributed by atoms with Crippen molar-refractivity contribution in [2.75, 3.05) is 0 Å². The number of nitrogens with zero attached hydrogens (tertiary/aromatic N) is 5. The van der Waals surface area contributed by atoms with Crippen molar-refractivity contribution in [1.29, 1.82) is 0 Å². The largest absolute Gasteiger partial charge is 0.365 e. The standard InChI is InChI=1S/C30H18N5/c1-4-12-23-20(9-1)21-10-2-5-13-24(21)33(23)19-17-26-29-27(18-19)34-25-14-6-3-11-22(25)31-30(34)35(29)28-15-7-8-16-32(26)28/h1-18H/q+1. The van der Waals surface area contributed by atoms with Gasteiger partial charge in [0.2, 0.25) is 5.65 Å². The second-order valence-electron chi connectivity index (χ2n) is 9.20. The average molecular weight is 449 g/mol. The van der Waals surface area contributed by atoms with Crippen LogP contribution < -0.4 is 4.40 Å². The molecule has 0 spiro atoms. The van der Waals surface area contributed by atoms with Crippen LogP contribution in [0, 0.1) is 0 Å². The van der Waals surface area contributed by atoms with Crippen molar-refractivity contribution < 1.29 is 4.40 Å². The molecule has 0 amide bonds. The second-order valence-corrected chi connectivity index (χ2v) is 9.20. The van der Waals surface area contributed by atoms with Crippen molar-refractivity contribution in [3.05, 3.63) is 109 Å². The van der Waals surface area contributed by atoms with E-state index < -0.39 is 0 Å². The number of fused-ring (bicyclic) bond motifs is 11. The molecule has 0 aliphatic heterocycles. The third kappa shape index (κ3) is 2.01. The zero-order valence-electron chi connectivity index (χ0n) is 18.6. The molecule has 0 aliphatic carbocycles. The normalized spacial score (nSPS) is 12.6. The Morgan fingerprint density at radius 3 is 2.06 bits per heavy atom. The minimum atomic E-state index is 0.944. The molecule has 35 heavy (non-hydrogen) atoms. The van der Waals surface area contributed by atoms with Gasteiger partial charge in [0.25, 0.3) is 0 Å². The zero-order chi connectivity index (χ0) is 22.7. The van der Waals surface area contributed by atoms with E-state index in [9.17, 15) is 0 Å². The summed E-state index contributed by atoms with van der Waals surface area (Å²) in [6.45, 7) is 0. The second kappa shape index (κ2) is 5.96. The fraction of sp³-hybridized carbons (Fsp3) is 0. The number of hydrogen-bond donors (Lipinski definition) is 0. The van der Waals surface area contributed by atoms with Crippen molar-refractivity contribution in [3.8, 4) is 5.69 Å². The van der Waals surface area contributed by atoms with Gasteiger partial charge in [-0.3, -0.25) is 0 Å². The monoisotopic (exact) mass is 448 g/mol. The van der Waals surface area contributed by atoms with Crippen LogP contribution in [0.1, 0.15) is 0 Å². The first kappa shape index (κ1) is 17.6. The molecule has 5 nitrogen and oxygen atoms in total. The van der Waals surface area contributed by atoms with Crippen LogP contribution in [-0.2, 0) is 0 Å². The number of para-hydroxylation sites is 4. The minimum Gasteiger partial charge on any atom is -0.309 e. The van der Waals surface area contributed by atoms with Gasteiger partial charge in [-0.1, -0.05) is 54.6 Å². The molecule has 0 saturated carbocycles. The highest BCUT2D eigenvalue weighted by Crippen LogP contribution is 2.35. The fourth-order valence-corrected chi connectivity index (χ4v) is 6.04. The summed E-state index contributed by atoms with van der Waals surface area (Å²) in [7, 11) is 0. The molecule has 0 bridgehead atoms. The zero-order valence-corrected chi connectivity index (χ0v) is 18.6. The van der Waals surface area contributed by atoms with Gasteiger partial charge in [-0.15, -0.1) is 4.98 Å². The van der Waals surface area contributed by atoms with Crippen molar-refractivity contribution >= 4 is 60.8 Å². The summed E-state index contributed by atoms with van der Waals surface area (Å²) in [4.78, 5) is 5.05. The van der Waals surface area contributed by atoms with E-state index >= 15 is 0 Å². The van der Waals surface area contributed by atoms with Crippen LogP contribution in [0.5, 0.6) is 0 Å². The summed E-state index contributed by atoms with van der Waals surface area (Å²) >= 11 is 0. The fourth-order valence-electron chi connectivity index (χ4n) is 6.04. The quantitative estimate of drug-likeness (QED) is 0.276. The molecule has 0 aliphatic rings. The summed E-state index contributed by atoms with van der Waals surface area (Å²) in [5, 5.41) is 2.53. The van der Waals surface area contributed by atoms with Gasteiger partial charge in [0.15, 0.2) is 11.0 Å². The summed E-state index contributed by atoms with van der Waals surface area (Å²) in [6.07, 6.45) is 2.14. The molecule has 9 aromatic rings. The Balaban J connectivity index is 1.56. The first-order valence-electron chi connectivity index (χ1n) is 11.8. The maximum Gasteiger partial charge on any atom is 0.365 e. The van der Waals surface area contributed by atoms with E-state index in [0.717, 1.165) is 33.7 Å². The van der Waals surface area contributed by atoms with Crippen LogP contribution in [0.4, 0.5) is 0 Å². The lowest BCUT2D eigenvalue weighted by molar-refractivity contribution is -0.452. The molecule has 0 N–H and O–H groups in total. The van der Waals surface area contributed by atoms with Gasteiger partial charge in [-0.25, -0.2) is 8.80 Å². The van der Waals surface area contributed by atoms with E-state index in [-0.39, 0.29) is 0 Å². The molecule has 5 aromatic heterocycles. The van der Waals surface area contributed by atoms with Crippen LogP contribution in [0.25, 0.3) is 66.5 Å². The molecular weight excluding hydrogens is 430 g/mol. The molecule has 0 radical (unpaired) electrons. The van der Waals surface area contributed by atoms with E-state index in [1.165, 1.54) is 32.8 Å². The molecular formula is C30H18N5+. The number of imidazole rings is 3. The summed E-state index contributed by atoms with van der Waals surface area (Å²) in [5.41, 5.74) is 10.3. The maximum absolute atomic E-state index is 5.05. The van der Waals surface area contributed by atoms with Crippen molar-refractivity contribution in [3.63, 3.8) is 0 Å². The van der Waals surface area contributed by atoms with Crippen LogP contribution in [0.15, 0.2) is 109 Å². The molecule has 5 heterocycles. The summed E-state index contributed by atoms with van der Waals surface area (Å²) < 4.78 is 9.27. The number of benzene rings is 4. The van der Waals surface area contributed by atoms with E-state index in [1.807, 2.05) is 0 Å². The van der Waals surface area contributed by atoms with Crippen LogP contribution in [0.3, 0.4) is 0 Å². The van der Waals surface area contributed by atoms with Gasteiger partial charge < -0.3 is 4.57 Å². The predicted octanol–water partition coefficient (Wildman–Crippen LogP) is 6.17. The van der Waals surface area contributed by atoms with Crippen LogP contribution in [-0.4, -0.2) is 18.4 Å². The third-order valence-electron chi connectivity index (χ3n) is 7.43. The maximum atomic E-state index is 5.05. The first-order chi connectivity index (χ1) is 17.4. The van der Waals surface area contributed by atoms with Crippen molar-refractivity contribution in [2.24, 2.45) is 0 Å². The highest BCUT2D eigenvalue weighted by molar-refractivity contribution is 6.10. The number of pyridine rings is 1. The van der Waals surface area contributed by atoms with Gasteiger partial charge in [0, 0.05) is 29.0 Å². The number of hydrogen-bond acceptors (Lipinski definition) is 1. The Labute approximate surface area is 198 Å². The minimum absolute atomic E-state index is 0.944. The molecule has 0 fully saturated rings. The molecule has 162 valence electrons. The Kier molecular flexibility index (Phi) is 2.99. The lowest BCUT2D eigenvalue weighted by Crippen LogP contribution is -2.19. The lowest BCUT2D eigenvalue weighted by atomic mass is 10.2. The molecule has 5 heteroatoms. The molecule has 0 atom stereocenters. The summed E-state index contributed by atoms with van der Waals surface area (Å²) in [6, 6.07) is 36.7. The Morgan fingerprint density at radius 2 is 1.26 bits per heavy atom. The van der Waals surface area contributed by atoms with Gasteiger partial charge in [0.05, 0.1) is 22.9 Å². The van der Waals surface area contributed by atoms with Crippen LogP contribution >= 0.6 is 0 Å². The van der Waals surface area contributed by atoms with Crippen LogP contribution in [0.2, 0.25) is 0 Å². The smallest absolute Gasteiger partial charge is 0.309 e. The summed E-state index contributed by atoms with van der Waals surface area (Å²) in [5.74, 6) is 0.944. The highest BCUT2D eigenvalue weighted by atomic mass is 15.2. The molecule has 4 aromatic carbocycles. The molecule has 0 saturated heterocycles. The number of rotatable bonds is 1. The Hall–Kier alpha value is -4.90. The van der Waals surface area contributed by atoms with Crippen molar-refractivity contribution in [1.82, 2.24) is 18.4 Å². The van der Waals surface area contributed by atoms with E-state index in [0.29, 0.717) is 0 Å². The van der Waals surface area contributed by atoms with Gasteiger partial charge in [0.1, 0.15) is 16.6 Å². The van der Waals surface area contributed by atoms with Gasteiger partial charge >= 0.3 is 5.78 Å². The van der Waals surface area contributed by atoms with Crippen molar-refractivity contribution in [2.45, 2.75) is 0 Å². The SMILES string of the molecule is c1ccc2c(c1)nc1n2c2cc(-n3c4ccccc4c4ccccc43)cc3c2[n+]1c1ccccn31. The first-order valence-corrected chi connectivity index (χ1v) is 11.8. The Morgan fingerprint density at radius 1 is 0.600 bits per heavy atom. The lowest BCUT2D eigenvalue weighted by Gasteiger charge is -2.08. The molecule has 9 rings (SSSR count). The Bertz CT molecular complexity index is 2220. The predicted molar refractivity (Wildman–Crippen MR) is 140 cm³/mol. The van der Waals surface area contributed by atoms with E-state index in [1.54, 1.807) is 0 Å². The highest BCUT2D eigenvalue weighted by Gasteiger charge is 2.28. The average Bonchev–Trinajstić information content (AvgIpc) is 3.62. The number of aromatic nitrogens is 5. The third-order valence-corrected chi connectivity index (χ3v) is 7.43. The topological polar surface area (TPSA) is 30.7 Å². The van der Waals surface area contributed by atoms with Gasteiger partial charge in [-0.05, 0) is 30.3 Å². The van der Waals surface area contributed by atoms with Gasteiger partial charge in [-0.2, -0.15) is 4.40 Å². The molecule has 0 unspecified atom stereocenters. The van der Waals surface area contributed by atoms with E-state index in [2.05, 4.69) is 127 Å².